The van der Waals surface area contributed by atoms with Crippen molar-refractivity contribution in [3.8, 4) is 0 Å². The second-order valence-electron chi connectivity index (χ2n) is 3.04. The number of carbonyl (C=O) groups is 1. The Morgan fingerprint density at radius 1 is 1.44 bits per heavy atom. The third-order valence-corrected chi connectivity index (χ3v) is 2.64. The Hall–Kier alpha value is -0.710. The minimum Gasteiger partial charge on any atom is -0.325 e. The van der Waals surface area contributed by atoms with E-state index >= 15 is 0 Å². The fourth-order valence-electron chi connectivity index (χ4n) is 1.20. The first-order valence-corrected chi connectivity index (χ1v) is 5.92. The number of benzene rings is 1. The van der Waals surface area contributed by atoms with Gasteiger partial charge in [0.05, 0.1) is 6.54 Å². The molecule has 16 heavy (non-hydrogen) atoms. The second kappa shape index (κ2) is 8.44. The van der Waals surface area contributed by atoms with Crippen LogP contribution in [0.15, 0.2) is 29.2 Å². The molecule has 1 aromatic rings. The molecule has 0 radical (unpaired) electrons. The average molecular weight is 261 g/mol. The number of amides is 1. The van der Waals surface area contributed by atoms with Gasteiger partial charge < -0.3 is 10.6 Å². The molecule has 1 rings (SSSR count). The molecular formula is C11H17ClN2OS. The summed E-state index contributed by atoms with van der Waals surface area (Å²) in [6, 6.07) is 7.88. The molecule has 0 aliphatic carbocycles. The van der Waals surface area contributed by atoms with Gasteiger partial charge in [-0.2, -0.15) is 0 Å². The topological polar surface area (TPSA) is 41.1 Å². The first-order chi connectivity index (χ1) is 7.26. The third-order valence-electron chi connectivity index (χ3n) is 1.77. The number of rotatable bonds is 5. The summed E-state index contributed by atoms with van der Waals surface area (Å²) in [6.07, 6.45) is 0. The van der Waals surface area contributed by atoms with Crippen LogP contribution in [-0.4, -0.2) is 25.3 Å². The summed E-state index contributed by atoms with van der Waals surface area (Å²) in [5, 5.41) is 5.64. The zero-order chi connectivity index (χ0) is 11.1. The number of hydrogen-bond donors (Lipinski definition) is 2. The molecule has 0 fully saturated rings. The molecule has 0 aromatic heterocycles. The van der Waals surface area contributed by atoms with Crippen molar-refractivity contribution in [2.75, 3.05) is 24.7 Å². The van der Waals surface area contributed by atoms with Crippen molar-refractivity contribution in [1.29, 1.82) is 0 Å². The van der Waals surface area contributed by atoms with Crippen molar-refractivity contribution >= 4 is 35.8 Å². The van der Waals surface area contributed by atoms with E-state index in [-0.39, 0.29) is 18.3 Å². The van der Waals surface area contributed by atoms with Crippen LogP contribution in [0.3, 0.4) is 0 Å². The molecule has 0 atom stereocenters. The van der Waals surface area contributed by atoms with E-state index in [0.29, 0.717) is 6.54 Å². The van der Waals surface area contributed by atoms with Gasteiger partial charge in [0, 0.05) is 10.6 Å². The van der Waals surface area contributed by atoms with Crippen LogP contribution >= 0.6 is 24.2 Å². The van der Waals surface area contributed by atoms with E-state index in [2.05, 4.69) is 17.6 Å². The van der Waals surface area contributed by atoms with E-state index in [1.54, 1.807) is 18.8 Å². The number of hydrogen-bond acceptors (Lipinski definition) is 3. The standard InChI is InChI=1S/C11H16N2OS.ClH/c1-3-15-10-6-4-5-9(7-10)13-11(14)8-12-2;/h4-7,12H,3,8H2,1-2H3,(H,13,14);1H. The van der Waals surface area contributed by atoms with E-state index in [4.69, 9.17) is 0 Å². The number of carbonyl (C=O) groups excluding carboxylic acids is 1. The van der Waals surface area contributed by atoms with Gasteiger partial charge in [0.1, 0.15) is 0 Å². The highest BCUT2D eigenvalue weighted by molar-refractivity contribution is 7.99. The predicted octanol–water partition coefficient (Wildman–Crippen LogP) is 2.38. The van der Waals surface area contributed by atoms with Crippen LogP contribution < -0.4 is 10.6 Å². The van der Waals surface area contributed by atoms with Crippen LogP contribution in [0, 0.1) is 0 Å². The maximum atomic E-state index is 11.3. The highest BCUT2D eigenvalue weighted by Crippen LogP contribution is 2.20. The first kappa shape index (κ1) is 15.3. The molecule has 1 aromatic carbocycles. The summed E-state index contributed by atoms with van der Waals surface area (Å²) < 4.78 is 0. The smallest absolute Gasteiger partial charge is 0.238 e. The van der Waals surface area contributed by atoms with Gasteiger partial charge in [-0.15, -0.1) is 24.2 Å². The van der Waals surface area contributed by atoms with Crippen molar-refractivity contribution in [2.24, 2.45) is 0 Å². The minimum absolute atomic E-state index is 0. The van der Waals surface area contributed by atoms with E-state index in [0.717, 1.165) is 11.4 Å². The lowest BCUT2D eigenvalue weighted by Crippen LogP contribution is -2.24. The van der Waals surface area contributed by atoms with Crippen molar-refractivity contribution in [3.63, 3.8) is 0 Å². The molecule has 0 unspecified atom stereocenters. The number of nitrogens with one attached hydrogen (secondary N) is 2. The van der Waals surface area contributed by atoms with Gasteiger partial charge in [-0.25, -0.2) is 0 Å². The van der Waals surface area contributed by atoms with Crippen molar-refractivity contribution in [2.45, 2.75) is 11.8 Å². The Kier molecular flexibility index (Phi) is 8.07. The molecule has 0 spiro atoms. The number of likely N-dealkylation sites (N-methyl/N-ethyl adjacent to an activating group) is 1. The Bertz CT molecular complexity index is 334. The molecule has 0 aliphatic rings. The van der Waals surface area contributed by atoms with Crippen LogP contribution in [0.1, 0.15) is 6.92 Å². The fourth-order valence-corrected chi connectivity index (χ4v) is 1.91. The molecule has 5 heteroatoms. The lowest BCUT2D eigenvalue weighted by atomic mass is 10.3. The van der Waals surface area contributed by atoms with Gasteiger partial charge in [-0.3, -0.25) is 4.79 Å². The van der Waals surface area contributed by atoms with Crippen LogP contribution in [-0.2, 0) is 4.79 Å². The molecule has 2 N–H and O–H groups in total. The summed E-state index contributed by atoms with van der Waals surface area (Å²) in [5.74, 6) is 1.02. The van der Waals surface area contributed by atoms with Gasteiger partial charge in [-0.05, 0) is 31.0 Å². The summed E-state index contributed by atoms with van der Waals surface area (Å²) in [6.45, 7) is 2.45. The minimum atomic E-state index is -0.0175. The van der Waals surface area contributed by atoms with Gasteiger partial charge in [0.25, 0.3) is 0 Å². The second-order valence-corrected chi connectivity index (χ2v) is 4.38. The Labute approximate surface area is 107 Å². The normalized spacial score (nSPS) is 9.38. The zero-order valence-electron chi connectivity index (χ0n) is 9.45. The quantitative estimate of drug-likeness (QED) is 0.799. The molecule has 0 bridgehead atoms. The molecule has 0 heterocycles. The summed E-state index contributed by atoms with van der Waals surface area (Å²) in [5.41, 5.74) is 0.855. The van der Waals surface area contributed by atoms with E-state index < -0.39 is 0 Å². The lowest BCUT2D eigenvalue weighted by Gasteiger charge is -2.06. The van der Waals surface area contributed by atoms with Gasteiger partial charge in [0.15, 0.2) is 0 Å². The van der Waals surface area contributed by atoms with Crippen LogP contribution in [0.5, 0.6) is 0 Å². The molecule has 0 saturated carbocycles. The van der Waals surface area contributed by atoms with Crippen LogP contribution in [0.25, 0.3) is 0 Å². The zero-order valence-corrected chi connectivity index (χ0v) is 11.1. The lowest BCUT2D eigenvalue weighted by molar-refractivity contribution is -0.115. The summed E-state index contributed by atoms with van der Waals surface area (Å²) in [7, 11) is 1.75. The van der Waals surface area contributed by atoms with Crippen molar-refractivity contribution in [3.05, 3.63) is 24.3 Å². The first-order valence-electron chi connectivity index (χ1n) is 4.93. The Morgan fingerprint density at radius 2 is 2.19 bits per heavy atom. The van der Waals surface area contributed by atoms with Crippen LogP contribution in [0.2, 0.25) is 0 Å². The molecule has 3 nitrogen and oxygen atoms in total. The van der Waals surface area contributed by atoms with Gasteiger partial charge >= 0.3 is 0 Å². The summed E-state index contributed by atoms with van der Waals surface area (Å²) >= 11 is 1.76. The van der Waals surface area contributed by atoms with Crippen LogP contribution in [0.4, 0.5) is 5.69 Å². The van der Waals surface area contributed by atoms with E-state index in [9.17, 15) is 4.79 Å². The molecule has 90 valence electrons. The monoisotopic (exact) mass is 260 g/mol. The Morgan fingerprint density at radius 3 is 2.81 bits per heavy atom. The van der Waals surface area contributed by atoms with Crippen molar-refractivity contribution < 1.29 is 4.79 Å². The number of halogens is 1. The Balaban J connectivity index is 0.00000225. The third kappa shape index (κ3) is 5.39. The SMILES string of the molecule is CCSc1cccc(NC(=O)CNC)c1.Cl. The molecular weight excluding hydrogens is 244 g/mol. The maximum absolute atomic E-state index is 11.3. The highest BCUT2D eigenvalue weighted by atomic mass is 35.5. The highest BCUT2D eigenvalue weighted by Gasteiger charge is 2.00. The fraction of sp³-hybridized carbons (Fsp3) is 0.364. The van der Waals surface area contributed by atoms with Gasteiger partial charge in [-0.1, -0.05) is 13.0 Å². The van der Waals surface area contributed by atoms with E-state index in [1.165, 1.54) is 4.90 Å². The largest absolute Gasteiger partial charge is 0.325 e. The number of anilines is 1. The van der Waals surface area contributed by atoms with Gasteiger partial charge in [0.2, 0.25) is 5.91 Å². The number of thioether (sulfide) groups is 1. The summed E-state index contributed by atoms with van der Waals surface area (Å²) in [4.78, 5) is 12.5. The maximum Gasteiger partial charge on any atom is 0.238 e. The van der Waals surface area contributed by atoms with Crippen molar-refractivity contribution in [1.82, 2.24) is 5.32 Å². The van der Waals surface area contributed by atoms with E-state index in [1.807, 2.05) is 24.3 Å². The average Bonchev–Trinajstić information content (AvgIpc) is 2.19. The predicted molar refractivity (Wildman–Crippen MR) is 72.6 cm³/mol. The molecule has 0 saturated heterocycles. The molecule has 1 amide bonds. The molecule has 0 aliphatic heterocycles.